The van der Waals surface area contributed by atoms with Crippen molar-refractivity contribution in [3.05, 3.63) is 36.0 Å². The molecule has 33 heavy (non-hydrogen) atoms. The third-order valence-corrected chi connectivity index (χ3v) is 6.95. The van der Waals surface area contributed by atoms with Gasteiger partial charge in [0.25, 0.3) is 5.79 Å². The third-order valence-electron chi connectivity index (χ3n) is 5.73. The zero-order valence-corrected chi connectivity index (χ0v) is 19.2. The molecule has 0 spiro atoms. The van der Waals surface area contributed by atoms with E-state index in [1.807, 2.05) is 0 Å². The number of benzene rings is 1. The van der Waals surface area contributed by atoms with Crippen LogP contribution in [0.25, 0.3) is 10.9 Å². The van der Waals surface area contributed by atoms with Gasteiger partial charge in [-0.25, -0.2) is 4.79 Å². The number of hydrogen-bond donors (Lipinski definition) is 8. The highest BCUT2D eigenvalue weighted by Crippen LogP contribution is 2.55. The molecule has 1 saturated heterocycles. The van der Waals surface area contributed by atoms with Crippen LogP contribution < -0.4 is 5.32 Å². The van der Waals surface area contributed by atoms with Crippen molar-refractivity contribution in [2.45, 2.75) is 47.2 Å². The lowest BCUT2D eigenvalue weighted by atomic mass is 9.75. The van der Waals surface area contributed by atoms with Crippen LogP contribution in [-0.4, -0.2) is 95.6 Å². The lowest BCUT2D eigenvalue weighted by Crippen LogP contribution is -2.80. The predicted molar refractivity (Wildman–Crippen MR) is 115 cm³/mol. The smallest absolute Gasteiger partial charge is 0.365 e. The summed E-state index contributed by atoms with van der Waals surface area (Å²) in [4.78, 5) is 27.2. The summed E-state index contributed by atoms with van der Waals surface area (Å²) in [6.07, 6.45) is -6.03. The number of H-pyrrole nitrogens is 1. The molecule has 1 aliphatic rings. The quantitative estimate of drug-likeness (QED) is 0.120. The number of hydrogen-bond acceptors (Lipinski definition) is 9. The topological polar surface area (TPSA) is 202 Å². The second-order valence-corrected chi connectivity index (χ2v) is 9.07. The normalized spacial score (nSPS) is 34.1. The van der Waals surface area contributed by atoms with Gasteiger partial charge in [-0.1, -0.05) is 34.1 Å². The molecule has 2 unspecified atom stereocenters. The Bertz CT molecular complexity index is 1020. The number of nitrogens with one attached hydrogen (secondary N) is 2. The van der Waals surface area contributed by atoms with Gasteiger partial charge < -0.3 is 50.4 Å². The Labute approximate surface area is 195 Å². The summed E-state index contributed by atoms with van der Waals surface area (Å²) in [5, 5.41) is 65.8. The number of carbonyl (C=O) groups is 2. The number of aliphatic hydroxyl groups is 5. The Morgan fingerprint density at radius 2 is 1.94 bits per heavy atom. The van der Waals surface area contributed by atoms with Gasteiger partial charge in [0.05, 0.1) is 6.61 Å². The Morgan fingerprint density at radius 1 is 1.30 bits per heavy atom. The highest BCUT2D eigenvalue weighted by molar-refractivity contribution is 9.10. The van der Waals surface area contributed by atoms with Gasteiger partial charge in [-0.05, 0) is 17.5 Å². The van der Waals surface area contributed by atoms with Gasteiger partial charge in [0, 0.05) is 25.2 Å². The van der Waals surface area contributed by atoms with E-state index >= 15 is 0 Å². The third kappa shape index (κ3) is 3.94. The molecule has 1 fully saturated rings. The summed E-state index contributed by atoms with van der Waals surface area (Å²) >= 11 is 3.12. The minimum Gasteiger partial charge on any atom is -0.477 e. The van der Waals surface area contributed by atoms with Crippen molar-refractivity contribution in [1.29, 1.82) is 0 Å². The fraction of sp³-hybridized carbons (Fsp3) is 0.500. The van der Waals surface area contributed by atoms with Crippen LogP contribution in [0.1, 0.15) is 18.5 Å². The van der Waals surface area contributed by atoms with Crippen LogP contribution in [0.2, 0.25) is 0 Å². The number of aromatic nitrogens is 1. The Balaban J connectivity index is 2.31. The van der Waals surface area contributed by atoms with Crippen LogP contribution >= 0.6 is 15.9 Å². The number of aliphatic carboxylic acids is 1. The summed E-state index contributed by atoms with van der Waals surface area (Å²) < 4.78 is 8.40. The van der Waals surface area contributed by atoms with E-state index in [9.17, 15) is 40.2 Å². The first-order valence-electron chi connectivity index (χ1n) is 9.79. The maximum Gasteiger partial charge on any atom is 0.365 e. The highest BCUT2D eigenvalue weighted by atomic mass is 79.9. The van der Waals surface area contributed by atoms with Crippen LogP contribution in [-0.2, 0) is 19.1 Å². The Hall–Kier alpha value is -2.10. The molecule has 1 amide bonds. The van der Waals surface area contributed by atoms with Crippen molar-refractivity contribution in [3.8, 4) is 0 Å². The molecule has 182 valence electrons. The maximum absolute atomic E-state index is 12.3. The summed E-state index contributed by atoms with van der Waals surface area (Å²) in [6.45, 7) is 0.0908. The first-order chi connectivity index (χ1) is 15.4. The van der Waals surface area contributed by atoms with Crippen molar-refractivity contribution in [2.24, 2.45) is 0 Å². The van der Waals surface area contributed by atoms with Gasteiger partial charge in [0.15, 0.2) is 4.45 Å². The van der Waals surface area contributed by atoms with Crippen LogP contribution in [0.3, 0.4) is 0 Å². The number of rotatable bonds is 7. The molecule has 1 aromatic heterocycles. The van der Waals surface area contributed by atoms with E-state index in [0.29, 0.717) is 10.9 Å². The first-order valence-corrected chi connectivity index (χ1v) is 10.6. The van der Waals surface area contributed by atoms with Crippen molar-refractivity contribution in [2.75, 3.05) is 13.7 Å². The Morgan fingerprint density at radius 3 is 2.45 bits per heavy atom. The standard InChI is InChI=1S/C20H25BrN2O10/c1-9(25)23-19(21)16(14(27)13(26)8-24)33-18(30,17(28)29)15(20(19,31)32-2)12-7-10-5-3-4-6-11(10)22-12/h3-7,13-16,22,24,26-27,30-31H,8H2,1-2H3,(H,23,25)(H,28,29)/t13-,14-,15?,16+,18?,19+,20-/m1/s1. The van der Waals surface area contributed by atoms with Crippen LogP contribution in [0.5, 0.6) is 0 Å². The molecule has 12 nitrogen and oxygen atoms in total. The molecule has 0 aliphatic carbocycles. The number of aromatic amines is 1. The van der Waals surface area contributed by atoms with Crippen LogP contribution in [0.15, 0.2) is 30.3 Å². The second-order valence-electron chi connectivity index (χ2n) is 7.82. The molecule has 0 saturated carbocycles. The second kappa shape index (κ2) is 8.92. The van der Waals surface area contributed by atoms with E-state index in [0.717, 1.165) is 14.0 Å². The lowest BCUT2D eigenvalue weighted by Gasteiger charge is -2.58. The fourth-order valence-corrected chi connectivity index (χ4v) is 5.20. The number of aliphatic hydroxyl groups excluding tert-OH is 3. The summed E-state index contributed by atoms with van der Waals surface area (Å²) in [7, 11) is 0.993. The highest BCUT2D eigenvalue weighted by Gasteiger charge is 2.75. The first kappa shape index (κ1) is 25.5. The number of carbonyl (C=O) groups excluding carboxylic acids is 1. The number of methoxy groups -OCH3 is 1. The summed E-state index contributed by atoms with van der Waals surface area (Å²) in [6, 6.07) is 8.26. The van der Waals surface area contributed by atoms with Crippen LogP contribution in [0, 0.1) is 0 Å². The van der Waals surface area contributed by atoms with Crippen molar-refractivity contribution in [3.63, 3.8) is 0 Å². The number of carboxylic acid groups (broad SMARTS) is 1. The molecule has 0 bridgehead atoms. The average Bonchev–Trinajstić information content (AvgIpc) is 3.18. The average molecular weight is 533 g/mol. The predicted octanol–water partition coefficient (Wildman–Crippen LogP) is -1.30. The van der Waals surface area contributed by atoms with E-state index in [-0.39, 0.29) is 5.69 Å². The molecule has 2 heterocycles. The minimum absolute atomic E-state index is 0.0322. The maximum atomic E-state index is 12.3. The Kier molecular flexibility index (Phi) is 6.90. The zero-order chi connectivity index (χ0) is 24.8. The van der Waals surface area contributed by atoms with Gasteiger partial charge in [-0.2, -0.15) is 0 Å². The molecule has 7 atom stereocenters. The van der Waals surface area contributed by atoms with E-state index in [1.54, 1.807) is 24.3 Å². The van der Waals surface area contributed by atoms with Crippen molar-refractivity contribution >= 4 is 38.7 Å². The lowest BCUT2D eigenvalue weighted by molar-refractivity contribution is -0.376. The summed E-state index contributed by atoms with van der Waals surface area (Å²) in [5.41, 5.74) is 0.506. The number of fused-ring (bicyclic) bond motifs is 1. The van der Waals surface area contributed by atoms with Gasteiger partial charge in [-0.15, -0.1) is 0 Å². The molecular weight excluding hydrogens is 508 g/mol. The largest absolute Gasteiger partial charge is 0.477 e. The van der Waals surface area contributed by atoms with E-state index in [4.69, 9.17) is 9.47 Å². The van der Waals surface area contributed by atoms with E-state index in [2.05, 4.69) is 26.2 Å². The molecule has 8 N–H and O–H groups in total. The molecule has 0 radical (unpaired) electrons. The molecule has 3 rings (SSSR count). The van der Waals surface area contributed by atoms with Gasteiger partial charge >= 0.3 is 5.97 Å². The molecular formula is C20H25BrN2O10. The number of amides is 1. The van der Waals surface area contributed by atoms with E-state index in [1.165, 1.54) is 6.07 Å². The molecule has 1 aliphatic heterocycles. The monoisotopic (exact) mass is 532 g/mol. The van der Waals surface area contributed by atoms with E-state index < -0.39 is 58.7 Å². The SMILES string of the molecule is CO[C@]1(O)C(c2cc3ccccc3[nH]2)C(O)(C(=O)O)O[C@@H]([C@H](O)[C@H](O)CO)[C@]1(Br)NC(C)=O. The number of para-hydroxylation sites is 1. The summed E-state index contributed by atoms with van der Waals surface area (Å²) in [5.74, 6) is -10.7. The molecule has 2 aromatic rings. The molecule has 1 aromatic carbocycles. The number of carboxylic acids is 1. The van der Waals surface area contributed by atoms with Crippen LogP contribution in [0.4, 0.5) is 0 Å². The fourth-order valence-electron chi connectivity index (χ4n) is 4.17. The number of ether oxygens (including phenoxy) is 2. The van der Waals surface area contributed by atoms with Crippen molar-refractivity contribution in [1.82, 2.24) is 10.3 Å². The molecule has 13 heteroatoms. The van der Waals surface area contributed by atoms with Crippen molar-refractivity contribution < 1.29 is 49.7 Å². The zero-order valence-electron chi connectivity index (χ0n) is 17.6. The number of alkyl halides is 1. The number of halogens is 1. The van der Waals surface area contributed by atoms with Gasteiger partial charge in [0.2, 0.25) is 11.7 Å². The minimum atomic E-state index is -3.23. The van der Waals surface area contributed by atoms with Gasteiger partial charge in [-0.3, -0.25) is 4.79 Å². The van der Waals surface area contributed by atoms with Gasteiger partial charge in [0.1, 0.15) is 24.2 Å².